The summed E-state index contributed by atoms with van der Waals surface area (Å²) in [7, 11) is 0. The fraction of sp³-hybridized carbons (Fsp3) is 0.312. The highest BCUT2D eigenvalue weighted by Crippen LogP contribution is 2.24. The molecule has 1 aliphatic rings. The molecule has 1 aliphatic heterocycles. The lowest BCUT2D eigenvalue weighted by Gasteiger charge is -2.29. The molecule has 0 bridgehead atoms. The topological polar surface area (TPSA) is 42.1 Å². The van der Waals surface area contributed by atoms with Crippen molar-refractivity contribution >= 4 is 5.69 Å². The van der Waals surface area contributed by atoms with Gasteiger partial charge in [0, 0.05) is 37.2 Å². The quantitative estimate of drug-likeness (QED) is 0.836. The Morgan fingerprint density at radius 3 is 2.95 bits per heavy atom. The fourth-order valence-corrected chi connectivity index (χ4v) is 2.68. The Hall–Kier alpha value is -1.87. The molecule has 1 aromatic carbocycles. The van der Waals surface area contributed by atoms with Gasteiger partial charge in [0.2, 0.25) is 0 Å². The van der Waals surface area contributed by atoms with Gasteiger partial charge in [-0.2, -0.15) is 0 Å². The Kier molecular flexibility index (Phi) is 3.22. The van der Waals surface area contributed by atoms with Crippen LogP contribution >= 0.6 is 0 Å². The van der Waals surface area contributed by atoms with Crippen LogP contribution < -0.4 is 5.73 Å². The SMILES string of the molecule is Cc1ccc(CN2CCc3c(N)cccc3C2)cn1. The van der Waals surface area contributed by atoms with Crippen molar-refractivity contribution in [2.45, 2.75) is 26.4 Å². The lowest BCUT2D eigenvalue weighted by molar-refractivity contribution is 0.245. The van der Waals surface area contributed by atoms with Gasteiger partial charge < -0.3 is 5.73 Å². The molecule has 1 aromatic heterocycles. The predicted molar refractivity (Wildman–Crippen MR) is 77.6 cm³/mol. The van der Waals surface area contributed by atoms with E-state index in [9.17, 15) is 0 Å². The van der Waals surface area contributed by atoms with Crippen LogP contribution in [0.4, 0.5) is 5.69 Å². The number of nitrogen functional groups attached to an aromatic ring is 1. The molecule has 0 saturated carbocycles. The number of nitrogens with two attached hydrogens (primary N) is 1. The second kappa shape index (κ2) is 5.02. The summed E-state index contributed by atoms with van der Waals surface area (Å²) in [4.78, 5) is 6.81. The lowest BCUT2D eigenvalue weighted by atomic mass is 9.98. The first-order valence-electron chi connectivity index (χ1n) is 6.72. The van der Waals surface area contributed by atoms with Gasteiger partial charge in [0.25, 0.3) is 0 Å². The molecule has 0 radical (unpaired) electrons. The van der Waals surface area contributed by atoms with Gasteiger partial charge in [-0.05, 0) is 42.2 Å². The summed E-state index contributed by atoms with van der Waals surface area (Å²) in [5, 5.41) is 0. The molecule has 2 N–H and O–H groups in total. The average Bonchev–Trinajstić information content (AvgIpc) is 2.42. The van der Waals surface area contributed by atoms with Gasteiger partial charge in [0.15, 0.2) is 0 Å². The van der Waals surface area contributed by atoms with Crippen LogP contribution in [-0.2, 0) is 19.5 Å². The Bertz CT molecular complexity index is 575. The smallest absolute Gasteiger partial charge is 0.0372 e. The summed E-state index contributed by atoms with van der Waals surface area (Å²) in [5.74, 6) is 0. The number of fused-ring (bicyclic) bond motifs is 1. The standard InChI is InChI=1S/C16H19N3/c1-12-5-6-13(9-18-12)10-19-8-7-15-14(11-19)3-2-4-16(15)17/h2-6,9H,7-8,10-11,17H2,1H3. The second-order valence-electron chi connectivity index (χ2n) is 5.25. The molecule has 0 fully saturated rings. The van der Waals surface area contributed by atoms with Gasteiger partial charge in [0.1, 0.15) is 0 Å². The number of hydrogen-bond donors (Lipinski definition) is 1. The number of pyridine rings is 1. The monoisotopic (exact) mass is 253 g/mol. The molecule has 2 aromatic rings. The second-order valence-corrected chi connectivity index (χ2v) is 5.25. The minimum atomic E-state index is 0.939. The summed E-state index contributed by atoms with van der Waals surface area (Å²) in [6.07, 6.45) is 3.02. The largest absolute Gasteiger partial charge is 0.398 e. The molecular weight excluding hydrogens is 234 g/mol. The summed E-state index contributed by atoms with van der Waals surface area (Å²) in [5.41, 5.74) is 12.0. The van der Waals surface area contributed by atoms with Crippen molar-refractivity contribution in [2.75, 3.05) is 12.3 Å². The number of hydrogen-bond acceptors (Lipinski definition) is 3. The third-order valence-electron chi connectivity index (χ3n) is 3.76. The van der Waals surface area contributed by atoms with E-state index in [2.05, 4.69) is 28.1 Å². The zero-order valence-electron chi connectivity index (χ0n) is 11.3. The Morgan fingerprint density at radius 2 is 2.16 bits per heavy atom. The molecule has 19 heavy (non-hydrogen) atoms. The molecule has 2 heterocycles. The summed E-state index contributed by atoms with van der Waals surface area (Å²) >= 11 is 0. The molecule has 3 nitrogen and oxygen atoms in total. The zero-order valence-corrected chi connectivity index (χ0v) is 11.3. The van der Waals surface area contributed by atoms with Gasteiger partial charge in [-0.15, -0.1) is 0 Å². The molecule has 0 saturated heterocycles. The minimum Gasteiger partial charge on any atom is -0.398 e. The Labute approximate surface area is 114 Å². The third-order valence-corrected chi connectivity index (χ3v) is 3.76. The number of nitrogens with zero attached hydrogens (tertiary/aromatic N) is 2. The van der Waals surface area contributed by atoms with Gasteiger partial charge in [-0.3, -0.25) is 9.88 Å². The maximum Gasteiger partial charge on any atom is 0.0372 e. The van der Waals surface area contributed by atoms with Gasteiger partial charge in [-0.25, -0.2) is 0 Å². The Balaban J connectivity index is 1.74. The normalized spacial score (nSPS) is 15.2. The molecule has 0 unspecified atom stereocenters. The van der Waals surface area contributed by atoms with E-state index in [4.69, 9.17) is 5.73 Å². The van der Waals surface area contributed by atoms with Crippen LogP contribution in [0.5, 0.6) is 0 Å². The maximum absolute atomic E-state index is 6.03. The van der Waals surface area contributed by atoms with Crippen molar-refractivity contribution in [1.82, 2.24) is 9.88 Å². The first kappa shape index (κ1) is 12.2. The van der Waals surface area contributed by atoms with E-state index >= 15 is 0 Å². The van der Waals surface area contributed by atoms with E-state index in [1.165, 1.54) is 16.7 Å². The van der Waals surface area contributed by atoms with Crippen molar-refractivity contribution in [3.05, 3.63) is 58.9 Å². The minimum absolute atomic E-state index is 0.939. The van der Waals surface area contributed by atoms with Crippen LogP contribution in [0, 0.1) is 6.92 Å². The van der Waals surface area contributed by atoms with Crippen molar-refractivity contribution in [2.24, 2.45) is 0 Å². The van der Waals surface area contributed by atoms with Crippen LogP contribution in [0.2, 0.25) is 0 Å². The van der Waals surface area contributed by atoms with E-state index in [1.54, 1.807) is 0 Å². The van der Waals surface area contributed by atoms with E-state index in [-0.39, 0.29) is 0 Å². The van der Waals surface area contributed by atoms with Crippen LogP contribution in [0.15, 0.2) is 36.5 Å². The van der Waals surface area contributed by atoms with Gasteiger partial charge in [-0.1, -0.05) is 18.2 Å². The summed E-state index contributed by atoms with van der Waals surface area (Å²) in [6, 6.07) is 10.5. The van der Waals surface area contributed by atoms with Crippen molar-refractivity contribution in [1.29, 1.82) is 0 Å². The van der Waals surface area contributed by atoms with Crippen LogP contribution in [0.1, 0.15) is 22.4 Å². The van der Waals surface area contributed by atoms with E-state index in [1.807, 2.05) is 25.3 Å². The van der Waals surface area contributed by atoms with Crippen LogP contribution in [0.25, 0.3) is 0 Å². The fourth-order valence-electron chi connectivity index (χ4n) is 2.68. The van der Waals surface area contributed by atoms with Crippen LogP contribution in [-0.4, -0.2) is 16.4 Å². The van der Waals surface area contributed by atoms with Gasteiger partial charge in [0.05, 0.1) is 0 Å². The average molecular weight is 253 g/mol. The van der Waals surface area contributed by atoms with E-state index < -0.39 is 0 Å². The molecule has 0 atom stereocenters. The molecule has 3 rings (SSSR count). The number of benzene rings is 1. The molecule has 0 aliphatic carbocycles. The summed E-state index contributed by atoms with van der Waals surface area (Å²) < 4.78 is 0. The summed E-state index contributed by atoms with van der Waals surface area (Å²) in [6.45, 7) is 5.02. The van der Waals surface area contributed by atoms with E-state index in [0.717, 1.165) is 37.4 Å². The van der Waals surface area contributed by atoms with Gasteiger partial charge >= 0.3 is 0 Å². The molecule has 0 amide bonds. The van der Waals surface area contributed by atoms with Crippen molar-refractivity contribution < 1.29 is 0 Å². The molecular formula is C16H19N3. The number of aromatic nitrogens is 1. The predicted octanol–water partition coefficient (Wildman–Crippen LogP) is 2.53. The van der Waals surface area contributed by atoms with E-state index in [0.29, 0.717) is 0 Å². The maximum atomic E-state index is 6.03. The van der Waals surface area contributed by atoms with Crippen molar-refractivity contribution in [3.8, 4) is 0 Å². The highest BCUT2D eigenvalue weighted by molar-refractivity contribution is 5.51. The highest BCUT2D eigenvalue weighted by Gasteiger charge is 2.17. The lowest BCUT2D eigenvalue weighted by Crippen LogP contribution is -2.30. The number of aryl methyl sites for hydroxylation is 1. The highest BCUT2D eigenvalue weighted by atomic mass is 15.1. The zero-order chi connectivity index (χ0) is 13.2. The third kappa shape index (κ3) is 2.61. The number of rotatable bonds is 2. The van der Waals surface area contributed by atoms with Crippen molar-refractivity contribution in [3.63, 3.8) is 0 Å². The Morgan fingerprint density at radius 1 is 1.26 bits per heavy atom. The molecule has 0 spiro atoms. The first-order valence-corrected chi connectivity index (χ1v) is 6.72. The molecule has 98 valence electrons. The number of anilines is 1. The molecule has 3 heteroatoms. The van der Waals surface area contributed by atoms with Crippen LogP contribution in [0.3, 0.4) is 0 Å². The first-order chi connectivity index (χ1) is 9.22.